The van der Waals surface area contributed by atoms with E-state index >= 15 is 0 Å². The zero-order valence-electron chi connectivity index (χ0n) is 10.8. The van der Waals surface area contributed by atoms with Gasteiger partial charge in [0.2, 0.25) is 0 Å². The Balaban J connectivity index is 2.11. The second-order valence-electron chi connectivity index (χ2n) is 4.12. The van der Waals surface area contributed by atoms with E-state index in [0.717, 1.165) is 0 Å². The van der Waals surface area contributed by atoms with E-state index in [-0.39, 0.29) is 17.9 Å². The van der Waals surface area contributed by atoms with Gasteiger partial charge < -0.3 is 10.1 Å². The Morgan fingerprint density at radius 3 is 2.60 bits per heavy atom. The van der Waals surface area contributed by atoms with Crippen LogP contribution in [0, 0.1) is 23.0 Å². The van der Waals surface area contributed by atoms with Crippen LogP contribution < -0.4 is 10.1 Å². The average Bonchev–Trinajstić information content (AvgIpc) is 2.47. The molecule has 0 atom stereocenters. The summed E-state index contributed by atoms with van der Waals surface area (Å²) in [7, 11) is 1.47. The Hall–Kier alpha value is -2.61. The van der Waals surface area contributed by atoms with E-state index in [1.54, 1.807) is 18.2 Å². The van der Waals surface area contributed by atoms with Gasteiger partial charge in [-0.25, -0.2) is 8.78 Å². The number of rotatable bonds is 4. The molecule has 0 aliphatic rings. The fourth-order valence-electron chi connectivity index (χ4n) is 1.72. The van der Waals surface area contributed by atoms with Crippen molar-refractivity contribution in [2.75, 3.05) is 12.4 Å². The Labute approximate surface area is 115 Å². The van der Waals surface area contributed by atoms with Gasteiger partial charge in [-0.2, -0.15) is 5.26 Å². The first-order valence-electron chi connectivity index (χ1n) is 5.90. The van der Waals surface area contributed by atoms with Gasteiger partial charge in [0.15, 0.2) is 0 Å². The molecule has 102 valence electrons. The van der Waals surface area contributed by atoms with E-state index in [2.05, 4.69) is 5.32 Å². The molecule has 0 radical (unpaired) electrons. The van der Waals surface area contributed by atoms with Crippen LogP contribution in [0.3, 0.4) is 0 Å². The lowest BCUT2D eigenvalue weighted by molar-refractivity contribution is 0.411. The molecule has 2 rings (SSSR count). The van der Waals surface area contributed by atoms with Crippen LogP contribution in [-0.2, 0) is 6.54 Å². The number of nitrogens with one attached hydrogen (secondary N) is 1. The lowest BCUT2D eigenvalue weighted by atomic mass is 10.1. The van der Waals surface area contributed by atoms with Crippen molar-refractivity contribution in [3.8, 4) is 11.8 Å². The summed E-state index contributed by atoms with van der Waals surface area (Å²) in [6.07, 6.45) is 0. The summed E-state index contributed by atoms with van der Waals surface area (Å²) in [6, 6.07) is 10.4. The van der Waals surface area contributed by atoms with Crippen LogP contribution in [0.4, 0.5) is 14.5 Å². The highest BCUT2D eigenvalue weighted by molar-refractivity contribution is 5.50. The van der Waals surface area contributed by atoms with Crippen LogP contribution in [0.15, 0.2) is 36.4 Å². The van der Waals surface area contributed by atoms with Gasteiger partial charge in [-0.05, 0) is 24.3 Å². The second kappa shape index (κ2) is 6.02. The second-order valence-corrected chi connectivity index (χ2v) is 4.12. The molecule has 0 heterocycles. The third-order valence-electron chi connectivity index (χ3n) is 2.83. The van der Waals surface area contributed by atoms with Crippen molar-refractivity contribution in [1.29, 1.82) is 5.26 Å². The maximum absolute atomic E-state index is 13.7. The van der Waals surface area contributed by atoms with Crippen molar-refractivity contribution in [3.05, 3.63) is 59.2 Å². The number of methoxy groups -OCH3 is 1. The molecule has 20 heavy (non-hydrogen) atoms. The fraction of sp³-hybridized carbons (Fsp3) is 0.133. The van der Waals surface area contributed by atoms with Gasteiger partial charge in [-0.3, -0.25) is 0 Å². The van der Waals surface area contributed by atoms with Crippen molar-refractivity contribution in [2.24, 2.45) is 0 Å². The van der Waals surface area contributed by atoms with Crippen molar-refractivity contribution in [2.45, 2.75) is 6.54 Å². The number of anilines is 1. The van der Waals surface area contributed by atoms with Gasteiger partial charge in [0.05, 0.1) is 12.7 Å². The van der Waals surface area contributed by atoms with Gasteiger partial charge >= 0.3 is 0 Å². The predicted molar refractivity (Wildman–Crippen MR) is 71.4 cm³/mol. The minimum atomic E-state index is -0.575. The van der Waals surface area contributed by atoms with Crippen molar-refractivity contribution < 1.29 is 13.5 Å². The van der Waals surface area contributed by atoms with Gasteiger partial charge in [-0.1, -0.05) is 6.07 Å². The first kappa shape index (κ1) is 13.8. The highest BCUT2D eigenvalue weighted by Crippen LogP contribution is 2.19. The maximum atomic E-state index is 13.7. The van der Waals surface area contributed by atoms with Crippen molar-refractivity contribution >= 4 is 5.69 Å². The molecular weight excluding hydrogens is 262 g/mol. The molecular formula is C15H12F2N2O. The summed E-state index contributed by atoms with van der Waals surface area (Å²) in [4.78, 5) is 0. The summed E-state index contributed by atoms with van der Waals surface area (Å²) in [6.45, 7) is 0.229. The fourth-order valence-corrected chi connectivity index (χ4v) is 1.72. The standard InChI is InChI=1S/C15H12F2N2O/c1-20-13-4-2-10(15(17)7-13)9-19-12-3-5-14(16)11(6-12)8-18/h2-7,19H,9H2,1H3. The molecule has 0 bridgehead atoms. The Bertz CT molecular complexity index is 665. The monoisotopic (exact) mass is 274 g/mol. The molecule has 0 aliphatic heterocycles. The summed E-state index contributed by atoms with van der Waals surface area (Å²) < 4.78 is 31.8. The predicted octanol–water partition coefficient (Wildman–Crippen LogP) is 3.46. The van der Waals surface area contributed by atoms with Gasteiger partial charge in [0.25, 0.3) is 0 Å². The molecule has 5 heteroatoms. The molecule has 0 aromatic heterocycles. The summed E-state index contributed by atoms with van der Waals surface area (Å²) in [5.41, 5.74) is 0.956. The van der Waals surface area contributed by atoms with Crippen LogP contribution in [0.1, 0.15) is 11.1 Å². The van der Waals surface area contributed by atoms with Gasteiger partial charge in [-0.15, -0.1) is 0 Å². The third-order valence-corrected chi connectivity index (χ3v) is 2.83. The van der Waals surface area contributed by atoms with Crippen LogP contribution in [-0.4, -0.2) is 7.11 Å². The van der Waals surface area contributed by atoms with E-state index in [1.165, 1.54) is 31.4 Å². The van der Waals surface area contributed by atoms with E-state index in [1.807, 2.05) is 0 Å². The van der Waals surface area contributed by atoms with Gasteiger partial charge in [0.1, 0.15) is 23.5 Å². The third kappa shape index (κ3) is 3.04. The molecule has 0 spiro atoms. The molecule has 0 saturated heterocycles. The minimum absolute atomic E-state index is 0.0507. The Morgan fingerprint density at radius 1 is 1.15 bits per heavy atom. The Morgan fingerprint density at radius 2 is 1.95 bits per heavy atom. The van der Waals surface area contributed by atoms with Crippen LogP contribution in [0.25, 0.3) is 0 Å². The molecule has 0 unspecified atom stereocenters. The van der Waals surface area contributed by atoms with Crippen molar-refractivity contribution in [3.63, 3.8) is 0 Å². The summed E-state index contributed by atoms with van der Waals surface area (Å²) in [5.74, 6) is -0.520. The van der Waals surface area contributed by atoms with Crippen LogP contribution >= 0.6 is 0 Å². The molecule has 2 aromatic rings. The van der Waals surface area contributed by atoms with E-state index in [0.29, 0.717) is 17.0 Å². The molecule has 0 saturated carbocycles. The van der Waals surface area contributed by atoms with E-state index < -0.39 is 5.82 Å². The van der Waals surface area contributed by atoms with Crippen LogP contribution in [0.2, 0.25) is 0 Å². The number of ether oxygens (including phenoxy) is 1. The first-order valence-corrected chi connectivity index (χ1v) is 5.90. The summed E-state index contributed by atoms with van der Waals surface area (Å²) >= 11 is 0. The quantitative estimate of drug-likeness (QED) is 0.928. The van der Waals surface area contributed by atoms with Gasteiger partial charge in [0, 0.05) is 23.9 Å². The zero-order chi connectivity index (χ0) is 14.5. The minimum Gasteiger partial charge on any atom is -0.497 e. The lowest BCUT2D eigenvalue weighted by Gasteiger charge is -2.09. The molecule has 0 amide bonds. The lowest BCUT2D eigenvalue weighted by Crippen LogP contribution is -2.02. The van der Waals surface area contributed by atoms with E-state index in [9.17, 15) is 8.78 Å². The highest BCUT2D eigenvalue weighted by Gasteiger charge is 2.06. The molecule has 3 nitrogen and oxygen atoms in total. The number of hydrogen-bond acceptors (Lipinski definition) is 3. The largest absolute Gasteiger partial charge is 0.497 e. The molecule has 0 fully saturated rings. The number of halogens is 2. The number of benzene rings is 2. The SMILES string of the molecule is COc1ccc(CNc2ccc(F)c(C#N)c2)c(F)c1. The molecule has 0 aliphatic carbocycles. The smallest absolute Gasteiger partial charge is 0.141 e. The van der Waals surface area contributed by atoms with E-state index in [4.69, 9.17) is 10.00 Å². The number of nitriles is 1. The number of nitrogens with zero attached hydrogens (tertiary/aromatic N) is 1. The normalized spacial score (nSPS) is 9.90. The summed E-state index contributed by atoms with van der Waals surface area (Å²) in [5, 5.41) is 11.7. The first-order chi connectivity index (χ1) is 9.63. The average molecular weight is 274 g/mol. The van der Waals surface area contributed by atoms with Crippen LogP contribution in [0.5, 0.6) is 5.75 Å². The maximum Gasteiger partial charge on any atom is 0.141 e. The number of hydrogen-bond donors (Lipinski definition) is 1. The highest BCUT2D eigenvalue weighted by atomic mass is 19.1. The topological polar surface area (TPSA) is 45.0 Å². The molecule has 2 aromatic carbocycles. The zero-order valence-corrected chi connectivity index (χ0v) is 10.8. The molecule has 1 N–H and O–H groups in total. The Kier molecular flexibility index (Phi) is 4.16. The van der Waals surface area contributed by atoms with Crippen molar-refractivity contribution in [1.82, 2.24) is 0 Å².